The second-order valence-electron chi connectivity index (χ2n) is 3.45. The van der Waals surface area contributed by atoms with Crippen molar-refractivity contribution in [3.05, 3.63) is 27.1 Å². The largest absolute Gasteiger partial charge is 0.337 e. The zero-order valence-corrected chi connectivity index (χ0v) is 12.4. The minimum Gasteiger partial charge on any atom is -0.337 e. The van der Waals surface area contributed by atoms with Gasteiger partial charge in [0.1, 0.15) is 5.69 Å². The number of halogens is 2. The van der Waals surface area contributed by atoms with Crippen molar-refractivity contribution in [1.82, 2.24) is 20.4 Å². The van der Waals surface area contributed by atoms with Crippen LogP contribution in [0.4, 0.5) is 0 Å². The lowest BCUT2D eigenvalue weighted by Crippen LogP contribution is -2.12. The van der Waals surface area contributed by atoms with Gasteiger partial charge in [-0.05, 0) is 51.9 Å². The SMILES string of the molecule is CNC(C)c1nc(-c2ncc(Br)cc2Br)no1. The minimum absolute atomic E-state index is 0.0190. The molecule has 2 rings (SSSR count). The molecule has 2 aromatic rings. The highest BCUT2D eigenvalue weighted by Crippen LogP contribution is 2.27. The molecule has 17 heavy (non-hydrogen) atoms. The van der Waals surface area contributed by atoms with Crippen molar-refractivity contribution < 1.29 is 4.52 Å². The molecule has 0 saturated carbocycles. The molecular weight excluding hydrogens is 352 g/mol. The van der Waals surface area contributed by atoms with Crippen molar-refractivity contribution in [3.8, 4) is 11.5 Å². The Morgan fingerprint density at radius 1 is 1.41 bits per heavy atom. The van der Waals surface area contributed by atoms with Crippen molar-refractivity contribution in [3.63, 3.8) is 0 Å². The highest BCUT2D eigenvalue weighted by atomic mass is 79.9. The van der Waals surface area contributed by atoms with Gasteiger partial charge in [0.2, 0.25) is 11.7 Å². The normalized spacial score (nSPS) is 12.7. The standard InChI is InChI=1S/C10H10Br2N4O/c1-5(13-2)10-15-9(16-17-10)8-7(12)3-6(11)4-14-8/h3-5,13H,1-2H3. The highest BCUT2D eigenvalue weighted by molar-refractivity contribution is 9.11. The first-order valence-corrected chi connectivity index (χ1v) is 6.52. The maximum Gasteiger partial charge on any atom is 0.243 e. The van der Waals surface area contributed by atoms with Gasteiger partial charge in [0, 0.05) is 15.1 Å². The molecule has 0 bridgehead atoms. The molecule has 90 valence electrons. The van der Waals surface area contributed by atoms with Gasteiger partial charge in [-0.15, -0.1) is 0 Å². The van der Waals surface area contributed by atoms with E-state index in [-0.39, 0.29) is 6.04 Å². The van der Waals surface area contributed by atoms with Crippen molar-refractivity contribution in [2.75, 3.05) is 7.05 Å². The van der Waals surface area contributed by atoms with Gasteiger partial charge in [0.25, 0.3) is 0 Å². The summed E-state index contributed by atoms with van der Waals surface area (Å²) in [4.78, 5) is 8.54. The monoisotopic (exact) mass is 360 g/mol. The van der Waals surface area contributed by atoms with E-state index in [4.69, 9.17) is 4.52 Å². The number of nitrogens with zero attached hydrogens (tertiary/aromatic N) is 3. The summed E-state index contributed by atoms with van der Waals surface area (Å²) in [7, 11) is 1.84. The zero-order chi connectivity index (χ0) is 12.4. The Kier molecular flexibility index (Phi) is 3.90. The maximum absolute atomic E-state index is 5.16. The van der Waals surface area contributed by atoms with E-state index < -0.39 is 0 Å². The number of rotatable bonds is 3. The lowest BCUT2D eigenvalue weighted by molar-refractivity contribution is 0.347. The number of hydrogen-bond acceptors (Lipinski definition) is 5. The summed E-state index contributed by atoms with van der Waals surface area (Å²) in [6.45, 7) is 1.95. The first-order chi connectivity index (χ1) is 8.11. The van der Waals surface area contributed by atoms with Crippen LogP contribution >= 0.6 is 31.9 Å². The Hall–Kier alpha value is -0.790. The second kappa shape index (κ2) is 5.24. The van der Waals surface area contributed by atoms with Gasteiger partial charge in [0.15, 0.2) is 0 Å². The van der Waals surface area contributed by atoms with Gasteiger partial charge < -0.3 is 9.84 Å². The molecule has 0 aliphatic carbocycles. The van der Waals surface area contributed by atoms with Crippen molar-refractivity contribution in [2.45, 2.75) is 13.0 Å². The topological polar surface area (TPSA) is 63.8 Å². The average Bonchev–Trinajstić information content (AvgIpc) is 2.77. The third-order valence-electron chi connectivity index (χ3n) is 2.26. The van der Waals surface area contributed by atoms with E-state index in [0.717, 1.165) is 8.95 Å². The fourth-order valence-corrected chi connectivity index (χ4v) is 2.37. The van der Waals surface area contributed by atoms with E-state index in [0.29, 0.717) is 17.4 Å². The number of pyridine rings is 1. The Labute approximate surface area is 115 Å². The fourth-order valence-electron chi connectivity index (χ4n) is 1.21. The summed E-state index contributed by atoms with van der Waals surface area (Å²) in [5.74, 6) is 1.01. The molecule has 0 aliphatic heterocycles. The Balaban J connectivity index is 2.37. The summed E-state index contributed by atoms with van der Waals surface area (Å²) in [6.07, 6.45) is 1.69. The van der Waals surface area contributed by atoms with Crippen LogP contribution in [0, 0.1) is 0 Å². The van der Waals surface area contributed by atoms with Crippen LogP contribution in [0.25, 0.3) is 11.5 Å². The molecule has 5 nitrogen and oxygen atoms in total. The summed E-state index contributed by atoms with van der Waals surface area (Å²) in [5, 5.41) is 6.95. The molecule has 2 heterocycles. The van der Waals surface area contributed by atoms with E-state index in [1.54, 1.807) is 6.20 Å². The third-order valence-corrected chi connectivity index (χ3v) is 3.30. The van der Waals surface area contributed by atoms with Gasteiger partial charge in [-0.1, -0.05) is 5.16 Å². The van der Waals surface area contributed by atoms with E-state index in [2.05, 4.69) is 52.3 Å². The third kappa shape index (κ3) is 2.72. The quantitative estimate of drug-likeness (QED) is 0.910. The van der Waals surface area contributed by atoms with Gasteiger partial charge in [-0.3, -0.25) is 4.98 Å². The number of hydrogen-bond donors (Lipinski definition) is 1. The lowest BCUT2D eigenvalue weighted by atomic mass is 10.3. The molecule has 0 aromatic carbocycles. The summed E-state index contributed by atoms with van der Waals surface area (Å²) < 4.78 is 6.87. The smallest absolute Gasteiger partial charge is 0.243 e. The van der Waals surface area contributed by atoms with Crippen LogP contribution in [0.3, 0.4) is 0 Å². The summed E-state index contributed by atoms with van der Waals surface area (Å²) >= 11 is 6.76. The van der Waals surface area contributed by atoms with Crippen molar-refractivity contribution in [1.29, 1.82) is 0 Å². The lowest BCUT2D eigenvalue weighted by Gasteiger charge is -2.01. The molecule has 2 aromatic heterocycles. The maximum atomic E-state index is 5.16. The first kappa shape index (κ1) is 12.7. The molecule has 7 heteroatoms. The predicted octanol–water partition coefficient (Wildman–Crippen LogP) is 2.94. The average molecular weight is 362 g/mol. The molecule has 1 unspecified atom stereocenters. The molecule has 0 fully saturated rings. The van der Waals surface area contributed by atoms with Crippen LogP contribution in [0.15, 0.2) is 25.7 Å². The van der Waals surface area contributed by atoms with Crippen LogP contribution in [0.1, 0.15) is 18.9 Å². The van der Waals surface area contributed by atoms with Crippen LogP contribution < -0.4 is 5.32 Å². The molecule has 0 spiro atoms. The van der Waals surface area contributed by atoms with Gasteiger partial charge in [0.05, 0.1) is 6.04 Å². The molecule has 0 aliphatic rings. The fraction of sp³-hybridized carbons (Fsp3) is 0.300. The molecule has 0 amide bonds. The van der Waals surface area contributed by atoms with E-state index >= 15 is 0 Å². The molecule has 0 saturated heterocycles. The molecule has 0 radical (unpaired) electrons. The Morgan fingerprint density at radius 2 is 2.18 bits per heavy atom. The highest BCUT2D eigenvalue weighted by Gasteiger charge is 2.16. The van der Waals surface area contributed by atoms with E-state index in [9.17, 15) is 0 Å². The number of nitrogens with one attached hydrogen (secondary N) is 1. The van der Waals surface area contributed by atoms with Crippen LogP contribution in [0.5, 0.6) is 0 Å². The van der Waals surface area contributed by atoms with E-state index in [1.807, 2.05) is 20.0 Å². The summed E-state index contributed by atoms with van der Waals surface area (Å²) in [6, 6.07) is 1.91. The molecular formula is C10H10Br2N4O. The van der Waals surface area contributed by atoms with Crippen LogP contribution in [0.2, 0.25) is 0 Å². The first-order valence-electron chi connectivity index (χ1n) is 4.94. The van der Waals surface area contributed by atoms with E-state index in [1.165, 1.54) is 0 Å². The zero-order valence-electron chi connectivity index (χ0n) is 9.24. The van der Waals surface area contributed by atoms with Crippen LogP contribution in [-0.2, 0) is 0 Å². The van der Waals surface area contributed by atoms with Gasteiger partial charge >= 0.3 is 0 Å². The predicted molar refractivity (Wildman–Crippen MR) is 70.4 cm³/mol. The Bertz CT molecular complexity index is 529. The van der Waals surface area contributed by atoms with Crippen molar-refractivity contribution >= 4 is 31.9 Å². The minimum atomic E-state index is 0.0190. The van der Waals surface area contributed by atoms with Crippen LogP contribution in [-0.4, -0.2) is 22.2 Å². The molecule has 1 N–H and O–H groups in total. The summed E-state index contributed by atoms with van der Waals surface area (Å²) in [5.41, 5.74) is 0.659. The van der Waals surface area contributed by atoms with Gasteiger partial charge in [-0.25, -0.2) is 0 Å². The van der Waals surface area contributed by atoms with Gasteiger partial charge in [-0.2, -0.15) is 4.98 Å². The van der Waals surface area contributed by atoms with Crippen molar-refractivity contribution in [2.24, 2.45) is 0 Å². The number of aromatic nitrogens is 3. The second-order valence-corrected chi connectivity index (χ2v) is 5.22. The Morgan fingerprint density at radius 3 is 2.82 bits per heavy atom. The molecule has 1 atom stereocenters.